The fourth-order valence-electron chi connectivity index (χ4n) is 13.4. The van der Waals surface area contributed by atoms with E-state index in [-0.39, 0.29) is 48.3 Å². The Hall–Kier alpha value is -1.42. The normalized spacial score (nSPS) is 46.7. The van der Waals surface area contributed by atoms with Crippen molar-refractivity contribution in [1.82, 2.24) is 42.5 Å². The molecule has 0 radical (unpaired) electrons. The third kappa shape index (κ3) is 9.29. The zero-order valence-corrected chi connectivity index (χ0v) is 37.0. The summed E-state index contributed by atoms with van der Waals surface area (Å²) in [4.78, 5) is 8.90. The van der Waals surface area contributed by atoms with Crippen LogP contribution < -0.4 is 42.5 Å². The fraction of sp³-hybridized carbons (Fsp3) is 0.971. The van der Waals surface area contributed by atoms with Crippen molar-refractivity contribution in [1.29, 1.82) is 0 Å². The molecule has 8 bridgehead atoms. The smallest absolute Gasteiger partial charge is 0.475 e. The molecule has 5 saturated heterocycles. The number of carboxylic acid groups (broad SMARTS) is 1. The molecule has 0 amide bonds. The average molecular weight is 987 g/mol. The molecule has 0 aromatic heterocycles. The fourth-order valence-corrected chi connectivity index (χ4v) is 20.7. The zero-order valence-electron chi connectivity index (χ0n) is 33.7. The zero-order chi connectivity index (χ0) is 45.8. The summed E-state index contributed by atoms with van der Waals surface area (Å²) in [6.07, 6.45) is 2.36. The van der Waals surface area contributed by atoms with Crippen molar-refractivity contribution in [3.63, 3.8) is 0 Å². The van der Waals surface area contributed by atoms with Crippen molar-refractivity contribution < 1.29 is 75.0 Å². The second-order valence-corrected chi connectivity index (χ2v) is 25.2. The van der Waals surface area contributed by atoms with Crippen molar-refractivity contribution in [2.75, 3.05) is 0 Å². The van der Waals surface area contributed by atoms with Crippen molar-refractivity contribution >= 4 is 46.4 Å². The Morgan fingerprint density at radius 3 is 0.730 bits per heavy atom. The topological polar surface area (TPSA) is 351 Å². The Kier molecular flexibility index (Phi) is 13.2. The monoisotopic (exact) mass is 986 g/mol. The van der Waals surface area contributed by atoms with Gasteiger partial charge in [0.15, 0.2) is 0 Å². The maximum atomic E-state index is 13.4. The van der Waals surface area contributed by atoms with Gasteiger partial charge in [0.1, 0.15) is 21.0 Å². The molecule has 4 saturated carbocycles. The number of hydrogen-bond donors (Lipinski definition) is 13. The van der Waals surface area contributed by atoms with Gasteiger partial charge >= 0.3 is 12.1 Å². The highest BCUT2D eigenvalue weighted by atomic mass is 32.2. The molecule has 5 aliphatic heterocycles. The van der Waals surface area contributed by atoms with Gasteiger partial charge < -0.3 is 5.11 Å². The SMILES string of the molecule is O=C(O)C(F)(F)F.O=S(=O)(O)C1C2C3NC4NC(NC5NC(NC6NC(NC(N3)C2C(S(=O)(=O)O)C(S(=O)(=O)O)C1S(=O)(=O)O)C1CCCCC61)C1CCCCC51)C1CCCCC41. The molecule has 20 unspecified atom stereocenters. The summed E-state index contributed by atoms with van der Waals surface area (Å²) < 4.78 is 181. The first-order valence-corrected chi connectivity index (χ1v) is 27.5. The second kappa shape index (κ2) is 17.3. The molecule has 13 N–H and O–H groups in total. The molecule has 0 spiro atoms. The predicted molar refractivity (Wildman–Crippen MR) is 214 cm³/mol. The number of fused-ring (bicyclic) bond motifs is 20. The van der Waals surface area contributed by atoms with E-state index in [2.05, 4.69) is 42.5 Å². The Bertz CT molecular complexity index is 2060. The van der Waals surface area contributed by atoms with Gasteiger partial charge in [0.05, 0.1) is 49.3 Å². The van der Waals surface area contributed by atoms with Gasteiger partial charge in [-0.3, -0.25) is 60.7 Å². The van der Waals surface area contributed by atoms with E-state index >= 15 is 0 Å². The first kappa shape index (κ1) is 48.1. The van der Waals surface area contributed by atoms with Gasteiger partial charge in [-0.2, -0.15) is 46.8 Å². The maximum Gasteiger partial charge on any atom is 0.490 e. The quantitative estimate of drug-likeness (QED) is 0.146. The van der Waals surface area contributed by atoms with E-state index in [9.17, 15) is 65.1 Å². The molecule has 0 aromatic carbocycles. The summed E-state index contributed by atoms with van der Waals surface area (Å²) in [6.45, 7) is 0. The summed E-state index contributed by atoms with van der Waals surface area (Å²) >= 11 is 0. The third-order valence-electron chi connectivity index (χ3n) is 15.6. The van der Waals surface area contributed by atoms with E-state index in [4.69, 9.17) is 9.90 Å². The molecular formula is C34H57F3N8O14S4. The van der Waals surface area contributed by atoms with Crippen molar-refractivity contribution in [3.05, 3.63) is 0 Å². The predicted octanol–water partition coefficient (Wildman–Crippen LogP) is -1.30. The van der Waals surface area contributed by atoms with E-state index < -0.39 is 110 Å². The molecule has 29 heteroatoms. The summed E-state index contributed by atoms with van der Waals surface area (Å²) in [6, 6.07) is 0. The third-order valence-corrected chi connectivity index (χ3v) is 21.3. The number of alkyl halides is 3. The molecule has 9 rings (SSSR count). The number of halogens is 3. The number of carbonyl (C=O) groups is 1. The lowest BCUT2D eigenvalue weighted by Crippen LogP contribution is -2.70. The average Bonchev–Trinajstić information content (AvgIpc) is 3.91. The Labute approximate surface area is 363 Å². The molecule has 20 atom stereocenters. The summed E-state index contributed by atoms with van der Waals surface area (Å²) in [5.41, 5.74) is 0. The molecular weight excluding hydrogens is 930 g/mol. The van der Waals surface area contributed by atoms with Crippen LogP contribution in [0.4, 0.5) is 13.2 Å². The Balaban J connectivity index is 0.000000719. The first-order chi connectivity index (χ1) is 29.2. The van der Waals surface area contributed by atoms with Crippen molar-refractivity contribution in [3.8, 4) is 0 Å². The van der Waals surface area contributed by atoms with Crippen LogP contribution >= 0.6 is 0 Å². The van der Waals surface area contributed by atoms with Gasteiger partial charge in [0, 0.05) is 11.8 Å². The van der Waals surface area contributed by atoms with Crippen molar-refractivity contribution in [2.45, 2.75) is 154 Å². The number of nitrogens with one attached hydrogen (secondary N) is 8. The van der Waals surface area contributed by atoms with Crippen LogP contribution in [0.5, 0.6) is 0 Å². The minimum Gasteiger partial charge on any atom is -0.475 e. The number of carboxylic acids is 1. The largest absolute Gasteiger partial charge is 0.490 e. The van der Waals surface area contributed by atoms with Crippen LogP contribution in [0.15, 0.2) is 0 Å². The van der Waals surface area contributed by atoms with E-state index in [1.54, 1.807) is 0 Å². The van der Waals surface area contributed by atoms with Crippen molar-refractivity contribution in [2.24, 2.45) is 47.3 Å². The van der Waals surface area contributed by atoms with Gasteiger partial charge in [0.25, 0.3) is 40.5 Å². The van der Waals surface area contributed by atoms with Crippen LogP contribution in [0.3, 0.4) is 0 Å². The summed E-state index contributed by atoms with van der Waals surface area (Å²) in [7, 11) is -23.0. The molecule has 4 aliphatic carbocycles. The number of aliphatic carboxylic acids is 1. The highest BCUT2D eigenvalue weighted by molar-refractivity contribution is 7.94. The van der Waals surface area contributed by atoms with Crippen LogP contribution in [0.25, 0.3) is 0 Å². The maximum absolute atomic E-state index is 13.4. The first-order valence-electron chi connectivity index (χ1n) is 21.5. The molecule has 9 aliphatic rings. The highest BCUT2D eigenvalue weighted by Crippen LogP contribution is 2.50. The van der Waals surface area contributed by atoms with E-state index in [0.29, 0.717) is 11.8 Å². The van der Waals surface area contributed by atoms with Gasteiger partial charge in [-0.05, 0) is 74.0 Å². The van der Waals surface area contributed by atoms with Gasteiger partial charge in [-0.1, -0.05) is 38.5 Å². The lowest BCUT2D eigenvalue weighted by atomic mass is 9.75. The van der Waals surface area contributed by atoms with Crippen LogP contribution in [-0.4, -0.2) is 139 Å². The Morgan fingerprint density at radius 2 is 0.556 bits per heavy atom. The lowest BCUT2D eigenvalue weighted by molar-refractivity contribution is -0.192. The molecule has 5 heterocycles. The number of hydrogen-bond acceptors (Lipinski definition) is 17. The van der Waals surface area contributed by atoms with Gasteiger partial charge in [-0.25, -0.2) is 4.79 Å². The van der Waals surface area contributed by atoms with Gasteiger partial charge in [0.2, 0.25) is 0 Å². The van der Waals surface area contributed by atoms with E-state index in [1.165, 1.54) is 0 Å². The van der Waals surface area contributed by atoms with Gasteiger partial charge in [-0.15, -0.1) is 0 Å². The Morgan fingerprint density at radius 1 is 0.381 bits per heavy atom. The lowest BCUT2D eigenvalue weighted by Gasteiger charge is -2.46. The second-order valence-electron chi connectivity index (χ2n) is 18.9. The summed E-state index contributed by atoms with van der Waals surface area (Å²) in [5.74, 6) is -5.32. The van der Waals surface area contributed by atoms with E-state index in [1.807, 2.05) is 0 Å². The molecule has 0 aromatic rings. The molecule has 22 nitrogen and oxygen atoms in total. The standard InChI is InChI=1S/C32H56N8O12S4.C2HF3O2/c41-53(42,43)21-19-20(22(54(44,45)46)24(56(50,51)52)23(21)55(47,48)49)32-39-30-18-12-6-4-10-16(18)28(37-30)35-26-14-8-2-1-7-13(14)25(33-26)34-27-15-9-3-5-11-17(15)29(36-27)38-31(19)40-32;3-2(4,5)1(6)7/h13-40H,1-12H2,(H,41,42,43)(H,44,45,46)(H,47,48,49)(H,50,51,52);(H,6,7). The van der Waals surface area contributed by atoms with Crippen LogP contribution in [-0.2, 0) is 45.3 Å². The summed E-state index contributed by atoms with van der Waals surface area (Å²) in [5, 5.41) is 24.8. The molecule has 63 heavy (non-hydrogen) atoms. The highest BCUT2D eigenvalue weighted by Gasteiger charge is 2.71. The van der Waals surface area contributed by atoms with Crippen LogP contribution in [0, 0.1) is 47.3 Å². The van der Waals surface area contributed by atoms with Crippen LogP contribution in [0.2, 0.25) is 0 Å². The number of rotatable bonds is 4. The minimum atomic E-state index is -5.87. The van der Waals surface area contributed by atoms with E-state index in [0.717, 1.165) is 77.0 Å². The van der Waals surface area contributed by atoms with Crippen LogP contribution in [0.1, 0.15) is 77.0 Å². The molecule has 362 valence electrons. The minimum absolute atomic E-state index is 0.00830. The molecule has 9 fully saturated rings.